The summed E-state index contributed by atoms with van der Waals surface area (Å²) in [6.07, 6.45) is 5.60. The fourth-order valence-corrected chi connectivity index (χ4v) is 2.59. The number of pyridine rings is 1. The molecular weight excluding hydrogens is 229 g/mol. The zero-order valence-corrected chi connectivity index (χ0v) is 11.2. The lowest BCUT2D eigenvalue weighted by Crippen LogP contribution is -2.39. The molecule has 2 rings (SSSR count). The van der Waals surface area contributed by atoms with Crippen molar-refractivity contribution in [1.29, 1.82) is 0 Å². The highest BCUT2D eigenvalue weighted by atomic mass is 19.1. The predicted octanol–water partition coefficient (Wildman–Crippen LogP) is 2.36. The van der Waals surface area contributed by atoms with E-state index in [0.717, 1.165) is 12.1 Å². The first-order valence-corrected chi connectivity index (χ1v) is 6.74. The van der Waals surface area contributed by atoms with Gasteiger partial charge in [-0.15, -0.1) is 0 Å². The highest BCUT2D eigenvalue weighted by molar-refractivity contribution is 5.14. The monoisotopic (exact) mass is 251 g/mol. The maximum atomic E-state index is 13.1. The second-order valence-electron chi connectivity index (χ2n) is 5.23. The minimum absolute atomic E-state index is 0.130. The topological polar surface area (TPSA) is 28.2 Å². The molecule has 0 aromatic carbocycles. The molecule has 1 saturated heterocycles. The van der Waals surface area contributed by atoms with Crippen LogP contribution < -0.4 is 5.32 Å². The van der Waals surface area contributed by atoms with Gasteiger partial charge in [-0.2, -0.15) is 0 Å². The van der Waals surface area contributed by atoms with Crippen molar-refractivity contribution in [3.63, 3.8) is 0 Å². The second-order valence-corrected chi connectivity index (χ2v) is 5.23. The number of nitrogens with one attached hydrogen (secondary N) is 1. The molecule has 1 aromatic rings. The summed E-state index contributed by atoms with van der Waals surface area (Å²) >= 11 is 0. The number of nitrogens with zero attached hydrogens (tertiary/aromatic N) is 2. The molecule has 0 bridgehead atoms. The fraction of sp³-hybridized carbons (Fsp3) is 0.643. The molecule has 2 unspecified atom stereocenters. The summed E-state index contributed by atoms with van der Waals surface area (Å²) in [5.74, 6) is -0.270. The Balaban J connectivity index is 1.84. The average molecular weight is 251 g/mol. The molecule has 0 amide bonds. The molecule has 4 heteroatoms. The third kappa shape index (κ3) is 3.75. The van der Waals surface area contributed by atoms with Crippen LogP contribution >= 0.6 is 0 Å². The van der Waals surface area contributed by atoms with E-state index < -0.39 is 0 Å². The van der Waals surface area contributed by atoms with E-state index in [9.17, 15) is 4.39 Å². The third-order valence-corrected chi connectivity index (χ3v) is 3.49. The van der Waals surface area contributed by atoms with Crippen molar-refractivity contribution >= 4 is 0 Å². The van der Waals surface area contributed by atoms with E-state index in [1.54, 1.807) is 12.3 Å². The lowest BCUT2D eigenvalue weighted by Gasteiger charge is -2.24. The minimum Gasteiger partial charge on any atom is -0.306 e. The van der Waals surface area contributed by atoms with Crippen molar-refractivity contribution < 1.29 is 4.39 Å². The Labute approximate surface area is 108 Å². The molecule has 18 heavy (non-hydrogen) atoms. The fourth-order valence-electron chi connectivity index (χ4n) is 2.59. The van der Waals surface area contributed by atoms with Crippen LogP contribution in [0, 0.1) is 5.82 Å². The number of aromatic nitrogens is 1. The van der Waals surface area contributed by atoms with Crippen LogP contribution in [0.5, 0.6) is 0 Å². The van der Waals surface area contributed by atoms with Crippen LogP contribution in [0.2, 0.25) is 0 Å². The van der Waals surface area contributed by atoms with Crippen LogP contribution in [0.3, 0.4) is 0 Å². The van der Waals surface area contributed by atoms with Gasteiger partial charge in [-0.25, -0.2) is 4.39 Å². The van der Waals surface area contributed by atoms with E-state index >= 15 is 0 Å². The largest absolute Gasteiger partial charge is 0.306 e. The van der Waals surface area contributed by atoms with Crippen LogP contribution in [-0.2, 0) is 0 Å². The summed E-state index contributed by atoms with van der Waals surface area (Å²) in [6, 6.07) is 2.08. The number of rotatable bonds is 5. The van der Waals surface area contributed by atoms with E-state index in [1.165, 1.54) is 32.1 Å². The van der Waals surface area contributed by atoms with Crippen molar-refractivity contribution in [3.05, 3.63) is 29.8 Å². The van der Waals surface area contributed by atoms with Gasteiger partial charge < -0.3 is 10.2 Å². The first-order chi connectivity index (χ1) is 8.65. The summed E-state index contributed by atoms with van der Waals surface area (Å²) < 4.78 is 13.1. The predicted molar refractivity (Wildman–Crippen MR) is 70.9 cm³/mol. The molecule has 1 aliphatic rings. The van der Waals surface area contributed by atoms with Gasteiger partial charge in [0.1, 0.15) is 5.82 Å². The number of hydrogen-bond acceptors (Lipinski definition) is 3. The maximum absolute atomic E-state index is 13.1. The van der Waals surface area contributed by atoms with Gasteiger partial charge in [-0.1, -0.05) is 0 Å². The van der Waals surface area contributed by atoms with Crippen molar-refractivity contribution in [2.75, 3.05) is 19.6 Å². The van der Waals surface area contributed by atoms with Gasteiger partial charge in [0.15, 0.2) is 0 Å². The highest BCUT2D eigenvalue weighted by Gasteiger charge is 2.16. The van der Waals surface area contributed by atoms with E-state index in [4.69, 9.17) is 0 Å². The molecule has 0 spiro atoms. The zero-order valence-electron chi connectivity index (χ0n) is 11.2. The molecule has 0 saturated carbocycles. The Kier molecular flexibility index (Phi) is 4.66. The summed E-state index contributed by atoms with van der Waals surface area (Å²) in [6.45, 7) is 7.72. The Morgan fingerprint density at radius 3 is 2.72 bits per heavy atom. The minimum atomic E-state index is -0.270. The lowest BCUT2D eigenvalue weighted by atomic mass is 10.1. The molecule has 2 atom stereocenters. The molecule has 2 heterocycles. The van der Waals surface area contributed by atoms with Crippen molar-refractivity contribution in [1.82, 2.24) is 15.2 Å². The van der Waals surface area contributed by atoms with E-state index in [0.29, 0.717) is 6.04 Å². The Hall–Kier alpha value is -1.00. The van der Waals surface area contributed by atoms with Gasteiger partial charge in [-0.3, -0.25) is 4.98 Å². The first kappa shape index (κ1) is 13.4. The highest BCUT2D eigenvalue weighted by Crippen LogP contribution is 2.14. The van der Waals surface area contributed by atoms with Gasteiger partial charge in [-0.05, 0) is 51.4 Å². The van der Waals surface area contributed by atoms with Crippen LogP contribution in [0.4, 0.5) is 4.39 Å². The van der Waals surface area contributed by atoms with E-state index in [2.05, 4.69) is 29.0 Å². The summed E-state index contributed by atoms with van der Waals surface area (Å²) in [4.78, 5) is 6.37. The third-order valence-electron chi connectivity index (χ3n) is 3.49. The van der Waals surface area contributed by atoms with Crippen LogP contribution in [0.1, 0.15) is 38.3 Å². The van der Waals surface area contributed by atoms with Gasteiger partial charge in [0.2, 0.25) is 0 Å². The van der Waals surface area contributed by atoms with Gasteiger partial charge >= 0.3 is 0 Å². The Morgan fingerprint density at radius 1 is 1.33 bits per heavy atom. The first-order valence-electron chi connectivity index (χ1n) is 6.74. The maximum Gasteiger partial charge on any atom is 0.141 e. The molecule has 100 valence electrons. The Morgan fingerprint density at radius 2 is 2.06 bits per heavy atom. The lowest BCUT2D eigenvalue weighted by molar-refractivity contribution is 0.289. The van der Waals surface area contributed by atoms with Crippen LogP contribution in [0.15, 0.2) is 18.5 Å². The van der Waals surface area contributed by atoms with E-state index in [1.807, 2.05) is 0 Å². The molecule has 3 nitrogen and oxygen atoms in total. The molecule has 1 N–H and O–H groups in total. The smallest absolute Gasteiger partial charge is 0.141 e. The molecule has 0 radical (unpaired) electrons. The molecule has 1 fully saturated rings. The SMILES string of the molecule is CC(CN1CCCC1)NC(C)c1cncc(F)c1. The van der Waals surface area contributed by atoms with E-state index in [-0.39, 0.29) is 11.9 Å². The summed E-state index contributed by atoms with van der Waals surface area (Å²) in [5, 5.41) is 3.50. The molecule has 0 aliphatic carbocycles. The van der Waals surface area contributed by atoms with Crippen LogP contribution in [-0.4, -0.2) is 35.6 Å². The van der Waals surface area contributed by atoms with Crippen molar-refractivity contribution in [3.8, 4) is 0 Å². The summed E-state index contributed by atoms with van der Waals surface area (Å²) in [5.41, 5.74) is 0.906. The standard InChI is InChI=1S/C14H22FN3/c1-11(10-18-5-3-4-6-18)17-12(2)13-7-14(15)9-16-8-13/h7-9,11-12,17H,3-6,10H2,1-2H3. The Bertz CT molecular complexity index is 377. The number of hydrogen-bond donors (Lipinski definition) is 1. The number of halogens is 1. The molecular formula is C14H22FN3. The van der Waals surface area contributed by atoms with Crippen molar-refractivity contribution in [2.45, 2.75) is 38.8 Å². The second kappa shape index (κ2) is 6.25. The molecule has 1 aromatic heterocycles. The number of likely N-dealkylation sites (tertiary alicyclic amines) is 1. The van der Waals surface area contributed by atoms with Crippen molar-refractivity contribution in [2.24, 2.45) is 0 Å². The van der Waals surface area contributed by atoms with Gasteiger partial charge in [0.25, 0.3) is 0 Å². The molecule has 1 aliphatic heterocycles. The zero-order chi connectivity index (χ0) is 13.0. The average Bonchev–Trinajstić information content (AvgIpc) is 2.81. The van der Waals surface area contributed by atoms with Gasteiger partial charge in [0, 0.05) is 24.8 Å². The van der Waals surface area contributed by atoms with Gasteiger partial charge in [0.05, 0.1) is 6.20 Å². The quantitative estimate of drug-likeness (QED) is 0.870. The van der Waals surface area contributed by atoms with Crippen LogP contribution in [0.25, 0.3) is 0 Å². The normalized spacial score (nSPS) is 19.9. The summed E-state index contributed by atoms with van der Waals surface area (Å²) in [7, 11) is 0.